The summed E-state index contributed by atoms with van der Waals surface area (Å²) in [5.74, 6) is -0.296. The highest BCUT2D eigenvalue weighted by atomic mass is 79.9. The van der Waals surface area contributed by atoms with Crippen molar-refractivity contribution in [2.75, 3.05) is 0 Å². The lowest BCUT2D eigenvalue weighted by molar-refractivity contribution is 0.210. The summed E-state index contributed by atoms with van der Waals surface area (Å²) in [4.78, 5) is 0. The average molecular weight is 299 g/mol. The van der Waals surface area contributed by atoms with Crippen molar-refractivity contribution in [2.24, 2.45) is 0 Å². The molecule has 1 unspecified atom stereocenters. The van der Waals surface area contributed by atoms with E-state index in [1.807, 2.05) is 0 Å². The molecule has 3 heteroatoms. The van der Waals surface area contributed by atoms with Gasteiger partial charge in [0.2, 0.25) is 0 Å². The quantitative estimate of drug-likeness (QED) is 0.796. The van der Waals surface area contributed by atoms with Crippen molar-refractivity contribution in [3.05, 3.63) is 45.7 Å². The summed E-state index contributed by atoms with van der Waals surface area (Å²) >= 11 is 3.15. The summed E-state index contributed by atoms with van der Waals surface area (Å²) in [7, 11) is 0. The number of halogens is 2. The summed E-state index contributed by atoms with van der Waals surface area (Å²) in [6.07, 6.45) is 7.07. The largest absolute Gasteiger partial charge is 0.384 e. The Morgan fingerprint density at radius 2 is 2.06 bits per heavy atom. The number of aliphatic hydroxyl groups excluding tert-OH is 1. The Bertz CT molecular complexity index is 428. The highest BCUT2D eigenvalue weighted by molar-refractivity contribution is 9.10. The first-order chi connectivity index (χ1) is 8.18. The van der Waals surface area contributed by atoms with Gasteiger partial charge in [-0.25, -0.2) is 4.39 Å². The van der Waals surface area contributed by atoms with Gasteiger partial charge in [-0.2, -0.15) is 0 Å². The Morgan fingerprint density at radius 3 is 2.82 bits per heavy atom. The maximum absolute atomic E-state index is 13.1. The Balaban J connectivity index is 2.20. The SMILES string of the molecule is OC(C1=CCCCCC1)c1ccc(F)c(Br)c1. The van der Waals surface area contributed by atoms with Gasteiger partial charge in [-0.1, -0.05) is 18.6 Å². The molecule has 1 N–H and O–H groups in total. The third-order valence-corrected chi connectivity index (χ3v) is 3.79. The van der Waals surface area contributed by atoms with E-state index >= 15 is 0 Å². The molecule has 0 spiro atoms. The van der Waals surface area contributed by atoms with Crippen LogP contribution in [0.3, 0.4) is 0 Å². The van der Waals surface area contributed by atoms with Crippen LogP contribution in [0.4, 0.5) is 4.39 Å². The van der Waals surface area contributed by atoms with Gasteiger partial charge >= 0.3 is 0 Å². The summed E-state index contributed by atoms with van der Waals surface area (Å²) in [6.45, 7) is 0. The number of hydrogen-bond donors (Lipinski definition) is 1. The Morgan fingerprint density at radius 1 is 1.24 bits per heavy atom. The van der Waals surface area contributed by atoms with Crippen molar-refractivity contribution < 1.29 is 9.50 Å². The van der Waals surface area contributed by atoms with Crippen LogP contribution in [0.1, 0.15) is 43.8 Å². The average Bonchev–Trinajstić information content (AvgIpc) is 2.60. The number of benzene rings is 1. The zero-order valence-electron chi connectivity index (χ0n) is 9.63. The van der Waals surface area contributed by atoms with Gasteiger partial charge in [0.15, 0.2) is 0 Å². The van der Waals surface area contributed by atoms with Crippen molar-refractivity contribution in [3.63, 3.8) is 0 Å². The summed E-state index contributed by atoms with van der Waals surface area (Å²) < 4.78 is 13.5. The molecule has 0 heterocycles. The molecule has 2 rings (SSSR count). The van der Waals surface area contributed by atoms with Gasteiger partial charge in [0, 0.05) is 0 Å². The summed E-state index contributed by atoms with van der Waals surface area (Å²) in [5, 5.41) is 10.3. The first-order valence-electron chi connectivity index (χ1n) is 6.00. The maximum Gasteiger partial charge on any atom is 0.137 e. The first kappa shape index (κ1) is 12.8. The van der Waals surface area contributed by atoms with Gasteiger partial charge in [0.25, 0.3) is 0 Å². The zero-order chi connectivity index (χ0) is 12.3. The lowest BCUT2D eigenvalue weighted by Gasteiger charge is -2.15. The normalized spacial score (nSPS) is 18.4. The second-order valence-corrected chi connectivity index (χ2v) is 5.31. The van der Waals surface area contributed by atoms with Crippen molar-refractivity contribution in [1.82, 2.24) is 0 Å². The molecule has 0 aliphatic heterocycles. The molecular weight excluding hydrogens is 283 g/mol. The van der Waals surface area contributed by atoms with Crippen LogP contribution in [0, 0.1) is 5.82 Å². The van der Waals surface area contributed by atoms with E-state index in [-0.39, 0.29) is 5.82 Å². The van der Waals surface area contributed by atoms with Crippen molar-refractivity contribution in [3.8, 4) is 0 Å². The van der Waals surface area contributed by atoms with Crippen LogP contribution < -0.4 is 0 Å². The van der Waals surface area contributed by atoms with Crippen LogP contribution in [-0.2, 0) is 0 Å². The predicted molar refractivity (Wildman–Crippen MR) is 70.2 cm³/mol. The number of rotatable bonds is 2. The van der Waals surface area contributed by atoms with Gasteiger partial charge in [-0.05, 0) is 64.9 Å². The molecule has 1 aromatic rings. The van der Waals surface area contributed by atoms with Gasteiger partial charge < -0.3 is 5.11 Å². The molecule has 0 fully saturated rings. The molecule has 1 aliphatic rings. The van der Waals surface area contributed by atoms with Crippen molar-refractivity contribution in [1.29, 1.82) is 0 Å². The molecule has 1 aliphatic carbocycles. The van der Waals surface area contributed by atoms with Crippen LogP contribution in [0.25, 0.3) is 0 Å². The highest BCUT2D eigenvalue weighted by Crippen LogP contribution is 2.30. The van der Waals surface area contributed by atoms with E-state index in [1.54, 1.807) is 12.1 Å². The number of allylic oxidation sites excluding steroid dienone is 1. The molecule has 17 heavy (non-hydrogen) atoms. The van der Waals surface area contributed by atoms with Crippen LogP contribution >= 0.6 is 15.9 Å². The van der Waals surface area contributed by atoms with Crippen molar-refractivity contribution in [2.45, 2.75) is 38.2 Å². The second kappa shape index (κ2) is 5.78. The molecule has 0 aromatic heterocycles. The Kier molecular flexibility index (Phi) is 4.35. The highest BCUT2D eigenvalue weighted by Gasteiger charge is 2.15. The monoisotopic (exact) mass is 298 g/mol. The fourth-order valence-corrected chi connectivity index (χ4v) is 2.58. The van der Waals surface area contributed by atoms with Gasteiger partial charge in [-0.15, -0.1) is 0 Å². The zero-order valence-corrected chi connectivity index (χ0v) is 11.2. The van der Waals surface area contributed by atoms with E-state index in [1.165, 1.54) is 18.9 Å². The molecule has 0 bridgehead atoms. The minimum absolute atomic E-state index is 0.296. The minimum atomic E-state index is -0.593. The van der Waals surface area contributed by atoms with Gasteiger partial charge in [-0.3, -0.25) is 0 Å². The number of hydrogen-bond acceptors (Lipinski definition) is 1. The molecule has 1 aromatic carbocycles. The van der Waals surface area contributed by atoms with Crippen LogP contribution in [0.2, 0.25) is 0 Å². The Hall–Kier alpha value is -0.670. The standard InChI is InChI=1S/C14H16BrFO/c15-12-9-11(7-8-13(12)16)14(17)10-5-3-1-2-4-6-10/h5,7-9,14,17H,1-4,6H2. The van der Waals surface area contributed by atoms with Crippen LogP contribution in [0.5, 0.6) is 0 Å². The first-order valence-corrected chi connectivity index (χ1v) is 6.80. The minimum Gasteiger partial charge on any atom is -0.384 e. The lowest BCUT2D eigenvalue weighted by atomic mass is 9.98. The number of aliphatic hydroxyl groups is 1. The molecule has 0 saturated carbocycles. The predicted octanol–water partition coefficient (Wildman–Crippen LogP) is 4.51. The third kappa shape index (κ3) is 3.17. The van der Waals surface area contributed by atoms with Crippen LogP contribution in [0.15, 0.2) is 34.3 Å². The van der Waals surface area contributed by atoms with E-state index in [0.717, 1.165) is 30.4 Å². The van der Waals surface area contributed by atoms with E-state index in [4.69, 9.17) is 0 Å². The molecular formula is C14H16BrFO. The van der Waals surface area contributed by atoms with E-state index in [2.05, 4.69) is 22.0 Å². The molecule has 1 nitrogen and oxygen atoms in total. The van der Waals surface area contributed by atoms with Crippen molar-refractivity contribution >= 4 is 15.9 Å². The molecule has 0 saturated heterocycles. The maximum atomic E-state index is 13.1. The van der Waals surface area contributed by atoms with E-state index in [9.17, 15) is 9.50 Å². The fourth-order valence-electron chi connectivity index (χ4n) is 2.18. The Labute approximate surface area is 109 Å². The van der Waals surface area contributed by atoms with Crippen LogP contribution in [-0.4, -0.2) is 5.11 Å². The second-order valence-electron chi connectivity index (χ2n) is 4.45. The van der Waals surface area contributed by atoms with E-state index in [0.29, 0.717) is 4.47 Å². The third-order valence-electron chi connectivity index (χ3n) is 3.19. The fraction of sp³-hybridized carbons (Fsp3) is 0.429. The molecule has 1 atom stereocenters. The molecule has 92 valence electrons. The molecule has 0 amide bonds. The lowest BCUT2D eigenvalue weighted by Crippen LogP contribution is -2.02. The molecule has 0 radical (unpaired) electrons. The summed E-state index contributed by atoms with van der Waals surface area (Å²) in [6, 6.07) is 4.70. The summed E-state index contributed by atoms with van der Waals surface area (Å²) in [5.41, 5.74) is 1.83. The van der Waals surface area contributed by atoms with E-state index < -0.39 is 6.10 Å². The van der Waals surface area contributed by atoms with Gasteiger partial charge in [0.1, 0.15) is 11.9 Å². The van der Waals surface area contributed by atoms with Gasteiger partial charge in [0.05, 0.1) is 4.47 Å². The smallest absolute Gasteiger partial charge is 0.137 e. The topological polar surface area (TPSA) is 20.2 Å².